The zero-order chi connectivity index (χ0) is 37.0. The fourth-order valence-electron chi connectivity index (χ4n) is 9.45. The molecule has 7 heterocycles. The normalized spacial score (nSPS) is 26.3. The Bertz CT molecular complexity index is 2310. The number of aromatic nitrogens is 3. The maximum atomic E-state index is 17.2. The van der Waals surface area contributed by atoms with Crippen molar-refractivity contribution in [3.63, 3.8) is 0 Å². The minimum atomic E-state index is -0.840. The summed E-state index contributed by atoms with van der Waals surface area (Å²) in [6.45, 7) is 4.74. The Morgan fingerprint density at radius 3 is 2.54 bits per heavy atom. The van der Waals surface area contributed by atoms with Gasteiger partial charge in [0.05, 0.1) is 37.3 Å². The standard InChI is InChI=1S/C40H39F2N7O5/c1-3-27-29(41)5-4-20-9-26(50)12-28(31(20)27)34-33(42)35-32(37(44-34)53-2)36(48-16-24-11-25(17-48)49(24)38(52)21-10-30(51)43-13-21)46-39(45-35)54-19-40(6-7-40)18-47-14-22-8-23(22)15-47/h1,4-5,9,12,21-25,50H,6-8,10-11,13-19H2,2H3,(H,43,51). The number of methoxy groups -OCH3 is 1. The highest BCUT2D eigenvalue weighted by Gasteiger charge is 2.52. The summed E-state index contributed by atoms with van der Waals surface area (Å²) in [5.74, 6) is 2.18. The van der Waals surface area contributed by atoms with Crippen LogP contribution in [-0.4, -0.2) is 107 Å². The molecule has 2 aromatic heterocycles. The van der Waals surface area contributed by atoms with Gasteiger partial charge in [0.1, 0.15) is 34.0 Å². The van der Waals surface area contributed by atoms with Gasteiger partial charge in [0.2, 0.25) is 17.7 Å². The first-order chi connectivity index (χ1) is 26.1. The summed E-state index contributed by atoms with van der Waals surface area (Å²) in [6, 6.07) is 5.16. The first kappa shape index (κ1) is 33.3. The molecule has 5 atom stereocenters. The van der Waals surface area contributed by atoms with Gasteiger partial charge in [-0.3, -0.25) is 9.59 Å². The zero-order valence-electron chi connectivity index (χ0n) is 29.8. The number of carbonyl (C=O) groups excluding carboxylic acids is 2. The van der Waals surface area contributed by atoms with Gasteiger partial charge >= 0.3 is 6.01 Å². The van der Waals surface area contributed by atoms with E-state index in [1.165, 1.54) is 37.8 Å². The molecule has 7 aliphatic rings. The number of pyridine rings is 1. The van der Waals surface area contributed by atoms with Crippen LogP contribution in [-0.2, 0) is 9.59 Å². The van der Waals surface area contributed by atoms with Gasteiger partial charge in [-0.1, -0.05) is 12.0 Å². The van der Waals surface area contributed by atoms with Crippen LogP contribution in [0.2, 0.25) is 0 Å². The molecule has 4 aromatic rings. The number of rotatable bonds is 9. The molecular formula is C40H39F2N7O5. The average molecular weight is 736 g/mol. The molecule has 2 amide bonds. The van der Waals surface area contributed by atoms with Crippen molar-refractivity contribution in [1.29, 1.82) is 0 Å². The molecule has 2 saturated carbocycles. The second kappa shape index (κ2) is 12.1. The van der Waals surface area contributed by atoms with Crippen LogP contribution in [0.15, 0.2) is 24.3 Å². The summed E-state index contributed by atoms with van der Waals surface area (Å²) in [5, 5.41) is 14.3. The van der Waals surface area contributed by atoms with Crippen molar-refractivity contribution in [3.8, 4) is 41.2 Å². The van der Waals surface area contributed by atoms with E-state index in [9.17, 15) is 14.7 Å². The lowest BCUT2D eigenvalue weighted by molar-refractivity contribution is -0.150. The molecule has 2 N–H and O–H groups in total. The van der Waals surface area contributed by atoms with Crippen molar-refractivity contribution in [2.75, 3.05) is 57.9 Å². The Kier molecular flexibility index (Phi) is 7.47. The number of terminal acetylenes is 1. The Morgan fingerprint density at radius 1 is 1.07 bits per heavy atom. The lowest BCUT2D eigenvalue weighted by atomic mass is 9.85. The molecular weight excluding hydrogens is 696 g/mol. The van der Waals surface area contributed by atoms with Gasteiger partial charge in [0.25, 0.3) is 0 Å². The third kappa shape index (κ3) is 5.38. The maximum absolute atomic E-state index is 17.2. The van der Waals surface area contributed by atoms with Gasteiger partial charge in [0, 0.05) is 62.1 Å². The van der Waals surface area contributed by atoms with Gasteiger partial charge in [-0.15, -0.1) is 6.42 Å². The smallest absolute Gasteiger partial charge is 0.319 e. The van der Waals surface area contributed by atoms with E-state index in [1.54, 1.807) is 0 Å². The van der Waals surface area contributed by atoms with Crippen molar-refractivity contribution in [1.82, 2.24) is 30.1 Å². The highest BCUT2D eigenvalue weighted by atomic mass is 19.1. The lowest BCUT2D eigenvalue weighted by Crippen LogP contribution is -2.71. The van der Waals surface area contributed by atoms with Crippen molar-refractivity contribution < 1.29 is 33.0 Å². The molecule has 5 saturated heterocycles. The second-order valence-electron chi connectivity index (χ2n) is 16.1. The average Bonchev–Trinajstić information content (AvgIpc) is 4.01. The topological polar surface area (TPSA) is 133 Å². The van der Waals surface area contributed by atoms with Gasteiger partial charge in [0.15, 0.2) is 5.82 Å². The number of fused-ring (bicyclic) bond motifs is 5. The Morgan fingerprint density at radius 2 is 1.85 bits per heavy atom. The molecule has 11 rings (SSSR count). The number of phenols is 1. The molecule has 2 bridgehead atoms. The Hall–Kier alpha value is -5.29. The van der Waals surface area contributed by atoms with Crippen LogP contribution in [0.1, 0.15) is 37.7 Å². The quantitative estimate of drug-likeness (QED) is 0.245. The van der Waals surface area contributed by atoms with Crippen LogP contribution in [0.4, 0.5) is 14.6 Å². The monoisotopic (exact) mass is 735 g/mol. The number of nitrogens with one attached hydrogen (secondary N) is 1. The van der Waals surface area contributed by atoms with Crippen LogP contribution in [0.5, 0.6) is 17.6 Å². The van der Waals surface area contributed by atoms with Gasteiger partial charge in [-0.25, -0.2) is 13.8 Å². The fraction of sp³-hybridized carbons (Fsp3) is 0.475. The number of piperazine rings is 1. The minimum absolute atomic E-state index is 0.00462. The van der Waals surface area contributed by atoms with E-state index in [2.05, 4.69) is 26.1 Å². The summed E-state index contributed by atoms with van der Waals surface area (Å²) in [5.41, 5.74) is -0.382. The molecule has 5 unspecified atom stereocenters. The van der Waals surface area contributed by atoms with Crippen LogP contribution < -0.4 is 19.7 Å². The van der Waals surface area contributed by atoms with Gasteiger partial charge in [-0.05, 0) is 61.1 Å². The molecule has 14 heteroatoms. The van der Waals surface area contributed by atoms with Crippen molar-refractivity contribution in [2.45, 2.75) is 44.2 Å². The number of nitrogens with zero attached hydrogens (tertiary/aromatic N) is 6. The molecule has 2 aliphatic carbocycles. The molecule has 54 heavy (non-hydrogen) atoms. The number of benzene rings is 2. The number of halogens is 2. The van der Waals surface area contributed by atoms with Gasteiger partial charge in [-0.2, -0.15) is 9.97 Å². The van der Waals surface area contributed by atoms with Crippen LogP contribution in [0, 0.1) is 47.1 Å². The Balaban J connectivity index is 1.06. The molecule has 0 radical (unpaired) electrons. The number of hydrogen-bond donors (Lipinski definition) is 2. The van der Waals surface area contributed by atoms with Crippen molar-refractivity contribution >= 4 is 39.3 Å². The molecule has 0 spiro atoms. The molecule has 278 valence electrons. The van der Waals surface area contributed by atoms with Crippen molar-refractivity contribution in [2.24, 2.45) is 23.2 Å². The number of hydrogen-bond acceptors (Lipinski definition) is 10. The van der Waals surface area contributed by atoms with E-state index < -0.39 is 11.6 Å². The molecule has 5 aliphatic heterocycles. The van der Waals surface area contributed by atoms with Crippen molar-refractivity contribution in [3.05, 3.63) is 41.5 Å². The number of ether oxygens (including phenoxy) is 2. The van der Waals surface area contributed by atoms with Gasteiger partial charge < -0.3 is 34.6 Å². The third-order valence-electron chi connectivity index (χ3n) is 12.5. The number of aromatic hydroxyl groups is 1. The number of likely N-dealkylation sites (tertiary alicyclic amines) is 1. The molecule has 7 fully saturated rings. The van der Waals surface area contributed by atoms with E-state index in [1.807, 2.05) is 9.80 Å². The molecule has 12 nitrogen and oxygen atoms in total. The maximum Gasteiger partial charge on any atom is 0.319 e. The Labute approximate surface area is 309 Å². The lowest BCUT2D eigenvalue weighted by Gasteiger charge is -2.57. The van der Waals surface area contributed by atoms with Crippen LogP contribution >= 0.6 is 0 Å². The van der Waals surface area contributed by atoms with E-state index in [4.69, 9.17) is 20.9 Å². The third-order valence-corrected chi connectivity index (χ3v) is 12.5. The number of anilines is 1. The van der Waals surface area contributed by atoms with E-state index >= 15 is 8.78 Å². The van der Waals surface area contributed by atoms with E-state index in [0.717, 1.165) is 50.7 Å². The predicted molar refractivity (Wildman–Crippen MR) is 194 cm³/mol. The number of phenolic OH excluding ortho intramolecular Hbond substituents is 1. The summed E-state index contributed by atoms with van der Waals surface area (Å²) >= 11 is 0. The first-order valence-corrected chi connectivity index (χ1v) is 18.7. The zero-order valence-corrected chi connectivity index (χ0v) is 29.8. The van der Waals surface area contributed by atoms with Crippen LogP contribution in [0.3, 0.4) is 0 Å². The summed E-state index contributed by atoms with van der Waals surface area (Å²) in [7, 11) is 1.41. The molecule has 2 aromatic carbocycles. The number of piperidine rings is 2. The van der Waals surface area contributed by atoms with E-state index in [-0.39, 0.29) is 92.4 Å². The summed E-state index contributed by atoms with van der Waals surface area (Å²) in [6.07, 6.45) is 10.1. The summed E-state index contributed by atoms with van der Waals surface area (Å²) in [4.78, 5) is 45.9. The number of amides is 2. The summed E-state index contributed by atoms with van der Waals surface area (Å²) < 4.78 is 44.5. The predicted octanol–water partition coefficient (Wildman–Crippen LogP) is 3.86. The number of carbonyl (C=O) groups is 2. The SMILES string of the molecule is C#Cc1c(F)ccc2cc(O)cc(-c3nc(OC)c4c(N5CC6CC(C5)N6C(=O)C5CNC(=O)C5)nc(OCC5(CN6CC7CC7C6)CC5)nc4c3F)c12. The fourth-order valence-corrected chi connectivity index (χ4v) is 9.45. The minimum Gasteiger partial charge on any atom is -0.508 e. The second-order valence-corrected chi connectivity index (χ2v) is 16.1. The highest BCUT2D eigenvalue weighted by molar-refractivity contribution is 6.04. The van der Waals surface area contributed by atoms with E-state index in [0.29, 0.717) is 37.4 Å². The first-order valence-electron chi connectivity index (χ1n) is 18.7. The van der Waals surface area contributed by atoms with Crippen LogP contribution in [0.25, 0.3) is 32.9 Å². The highest BCUT2D eigenvalue weighted by Crippen LogP contribution is 2.51. The largest absolute Gasteiger partial charge is 0.508 e.